The van der Waals surface area contributed by atoms with E-state index in [9.17, 15) is 0 Å². The Balaban J connectivity index is 1.98. The fourth-order valence-electron chi connectivity index (χ4n) is 2.44. The van der Waals surface area contributed by atoms with Gasteiger partial charge in [0.15, 0.2) is 0 Å². The summed E-state index contributed by atoms with van der Waals surface area (Å²) in [4.78, 5) is 0. The number of hydrogen-bond acceptors (Lipinski definition) is 3. The largest absolute Gasteiger partial charge is 0.488 e. The molecule has 0 spiro atoms. The SMILES string of the molecule is Cc1ccc(OC2CCCOC2)c(CNCC(C)C)c1. The zero-order chi connectivity index (χ0) is 14.4. The van der Waals surface area contributed by atoms with Crippen LogP contribution in [0, 0.1) is 12.8 Å². The maximum absolute atomic E-state index is 6.13. The Morgan fingerprint density at radius 1 is 1.40 bits per heavy atom. The van der Waals surface area contributed by atoms with Crippen LogP contribution in [-0.2, 0) is 11.3 Å². The number of hydrogen-bond donors (Lipinski definition) is 1. The van der Waals surface area contributed by atoms with Gasteiger partial charge in [-0.1, -0.05) is 31.5 Å². The highest BCUT2D eigenvalue weighted by Crippen LogP contribution is 2.23. The smallest absolute Gasteiger partial charge is 0.124 e. The molecule has 1 fully saturated rings. The molecule has 2 rings (SSSR count). The van der Waals surface area contributed by atoms with E-state index in [1.54, 1.807) is 0 Å². The summed E-state index contributed by atoms with van der Waals surface area (Å²) in [7, 11) is 0. The van der Waals surface area contributed by atoms with E-state index < -0.39 is 0 Å². The molecular weight excluding hydrogens is 250 g/mol. The van der Waals surface area contributed by atoms with Gasteiger partial charge in [0.05, 0.1) is 6.61 Å². The van der Waals surface area contributed by atoms with E-state index in [2.05, 4.69) is 44.3 Å². The van der Waals surface area contributed by atoms with Crippen molar-refractivity contribution in [3.05, 3.63) is 29.3 Å². The van der Waals surface area contributed by atoms with Crippen molar-refractivity contribution >= 4 is 0 Å². The van der Waals surface area contributed by atoms with E-state index in [0.717, 1.165) is 38.3 Å². The summed E-state index contributed by atoms with van der Waals surface area (Å²) >= 11 is 0. The second-order valence-electron chi connectivity index (χ2n) is 6.09. The molecule has 0 amide bonds. The first kappa shape index (κ1) is 15.3. The molecule has 0 aliphatic carbocycles. The molecule has 1 aliphatic rings. The highest BCUT2D eigenvalue weighted by Gasteiger charge is 2.17. The summed E-state index contributed by atoms with van der Waals surface area (Å²) in [6.07, 6.45) is 2.39. The molecule has 3 heteroatoms. The van der Waals surface area contributed by atoms with E-state index in [-0.39, 0.29) is 6.10 Å². The maximum Gasteiger partial charge on any atom is 0.124 e. The molecule has 0 aromatic heterocycles. The van der Waals surface area contributed by atoms with Gasteiger partial charge in [-0.2, -0.15) is 0 Å². The fourth-order valence-corrected chi connectivity index (χ4v) is 2.44. The lowest BCUT2D eigenvalue weighted by atomic mass is 10.1. The van der Waals surface area contributed by atoms with Gasteiger partial charge >= 0.3 is 0 Å². The fraction of sp³-hybridized carbons (Fsp3) is 0.647. The zero-order valence-electron chi connectivity index (χ0n) is 12.9. The molecule has 1 aromatic carbocycles. The average molecular weight is 277 g/mol. The first-order chi connectivity index (χ1) is 9.65. The van der Waals surface area contributed by atoms with Gasteiger partial charge in [-0.15, -0.1) is 0 Å². The Labute approximate surface area is 122 Å². The van der Waals surface area contributed by atoms with Crippen molar-refractivity contribution < 1.29 is 9.47 Å². The quantitative estimate of drug-likeness (QED) is 0.865. The molecule has 0 bridgehead atoms. The van der Waals surface area contributed by atoms with Crippen molar-refractivity contribution in [3.8, 4) is 5.75 Å². The monoisotopic (exact) mass is 277 g/mol. The van der Waals surface area contributed by atoms with Gasteiger partial charge in [0.25, 0.3) is 0 Å². The van der Waals surface area contributed by atoms with Gasteiger partial charge in [0.2, 0.25) is 0 Å². The van der Waals surface area contributed by atoms with Crippen molar-refractivity contribution in [2.45, 2.75) is 46.3 Å². The molecule has 1 aliphatic heterocycles. The van der Waals surface area contributed by atoms with E-state index in [0.29, 0.717) is 12.5 Å². The topological polar surface area (TPSA) is 30.5 Å². The van der Waals surface area contributed by atoms with Gasteiger partial charge in [-0.25, -0.2) is 0 Å². The maximum atomic E-state index is 6.13. The van der Waals surface area contributed by atoms with E-state index in [1.807, 2.05) is 0 Å². The van der Waals surface area contributed by atoms with E-state index >= 15 is 0 Å². The van der Waals surface area contributed by atoms with Gasteiger partial charge in [0.1, 0.15) is 11.9 Å². The lowest BCUT2D eigenvalue weighted by molar-refractivity contribution is 0.00700. The van der Waals surface area contributed by atoms with E-state index in [1.165, 1.54) is 11.1 Å². The second kappa shape index (κ2) is 7.65. The highest BCUT2D eigenvalue weighted by atomic mass is 16.5. The number of rotatable bonds is 6. The van der Waals surface area contributed by atoms with Gasteiger partial charge in [-0.3, -0.25) is 0 Å². The highest BCUT2D eigenvalue weighted by molar-refractivity contribution is 5.37. The summed E-state index contributed by atoms with van der Waals surface area (Å²) in [6, 6.07) is 6.42. The first-order valence-corrected chi connectivity index (χ1v) is 7.70. The molecule has 0 saturated carbocycles. The lowest BCUT2D eigenvalue weighted by Gasteiger charge is -2.25. The van der Waals surface area contributed by atoms with Gasteiger partial charge < -0.3 is 14.8 Å². The molecule has 1 heterocycles. The molecule has 0 radical (unpaired) electrons. The zero-order valence-corrected chi connectivity index (χ0v) is 12.9. The average Bonchev–Trinajstić information content (AvgIpc) is 2.42. The molecule has 3 nitrogen and oxygen atoms in total. The third kappa shape index (κ3) is 4.80. The molecule has 1 atom stereocenters. The van der Waals surface area contributed by atoms with Gasteiger partial charge in [-0.05, 0) is 38.3 Å². The normalized spacial score (nSPS) is 19.3. The van der Waals surface area contributed by atoms with E-state index in [4.69, 9.17) is 9.47 Å². The summed E-state index contributed by atoms with van der Waals surface area (Å²) in [5.41, 5.74) is 2.52. The molecule has 1 aromatic rings. The van der Waals surface area contributed by atoms with Crippen LogP contribution in [0.5, 0.6) is 5.75 Å². The summed E-state index contributed by atoms with van der Waals surface area (Å²) < 4.78 is 11.6. The van der Waals surface area contributed by atoms with Crippen LogP contribution in [0.2, 0.25) is 0 Å². The summed E-state index contributed by atoms with van der Waals surface area (Å²) in [5.74, 6) is 1.67. The third-order valence-corrected chi connectivity index (χ3v) is 3.50. The van der Waals surface area contributed by atoms with Crippen LogP contribution in [0.15, 0.2) is 18.2 Å². The summed E-state index contributed by atoms with van der Waals surface area (Å²) in [5, 5.41) is 3.49. The first-order valence-electron chi connectivity index (χ1n) is 7.70. The molecule has 1 unspecified atom stereocenters. The van der Waals surface area contributed by atoms with Crippen molar-refractivity contribution in [2.75, 3.05) is 19.8 Å². The van der Waals surface area contributed by atoms with Crippen molar-refractivity contribution in [3.63, 3.8) is 0 Å². The second-order valence-corrected chi connectivity index (χ2v) is 6.09. The molecule has 20 heavy (non-hydrogen) atoms. The van der Waals surface area contributed by atoms with Crippen LogP contribution in [0.1, 0.15) is 37.8 Å². The van der Waals surface area contributed by atoms with Crippen LogP contribution in [0.3, 0.4) is 0 Å². The minimum Gasteiger partial charge on any atom is -0.488 e. The molecule has 1 N–H and O–H groups in total. The number of nitrogens with one attached hydrogen (secondary N) is 1. The Morgan fingerprint density at radius 3 is 2.95 bits per heavy atom. The summed E-state index contributed by atoms with van der Waals surface area (Å²) in [6.45, 7) is 10.0. The van der Waals surface area contributed by atoms with Crippen LogP contribution < -0.4 is 10.1 Å². The number of benzene rings is 1. The molecular formula is C17H27NO2. The Hall–Kier alpha value is -1.06. The van der Waals surface area contributed by atoms with Crippen molar-refractivity contribution in [2.24, 2.45) is 5.92 Å². The molecule has 1 saturated heterocycles. The minimum atomic E-state index is 0.204. The Bertz CT molecular complexity index is 411. The molecule has 112 valence electrons. The third-order valence-electron chi connectivity index (χ3n) is 3.50. The van der Waals surface area contributed by atoms with Crippen molar-refractivity contribution in [1.82, 2.24) is 5.32 Å². The Kier molecular flexibility index (Phi) is 5.86. The number of ether oxygens (including phenoxy) is 2. The van der Waals surface area contributed by atoms with Crippen LogP contribution in [0.25, 0.3) is 0 Å². The van der Waals surface area contributed by atoms with Gasteiger partial charge in [0, 0.05) is 18.7 Å². The number of aryl methyl sites for hydroxylation is 1. The van der Waals surface area contributed by atoms with Crippen molar-refractivity contribution in [1.29, 1.82) is 0 Å². The standard InChI is InChI=1S/C17H27NO2/c1-13(2)10-18-11-15-9-14(3)6-7-17(15)20-16-5-4-8-19-12-16/h6-7,9,13,16,18H,4-5,8,10-12H2,1-3H3. The van der Waals surface area contributed by atoms with Crippen LogP contribution >= 0.6 is 0 Å². The minimum absolute atomic E-state index is 0.204. The predicted octanol–water partition coefficient (Wildman–Crippen LogP) is 3.30. The lowest BCUT2D eigenvalue weighted by Crippen LogP contribution is -2.28. The van der Waals surface area contributed by atoms with Crippen LogP contribution in [0.4, 0.5) is 0 Å². The van der Waals surface area contributed by atoms with Crippen LogP contribution in [-0.4, -0.2) is 25.9 Å². The predicted molar refractivity (Wildman–Crippen MR) is 82.2 cm³/mol. The Morgan fingerprint density at radius 2 is 2.25 bits per heavy atom.